The minimum absolute atomic E-state index is 0.376. The Hall–Kier alpha value is -0.570. The molecule has 0 bridgehead atoms. The van der Waals surface area contributed by atoms with Crippen molar-refractivity contribution in [2.75, 3.05) is 6.61 Å². The molecule has 1 radical (unpaired) electrons. The molecule has 53 valence electrons. The summed E-state index contributed by atoms with van der Waals surface area (Å²) in [5.74, 6) is -0.656. The molecule has 0 amide bonds. The summed E-state index contributed by atoms with van der Waals surface area (Å²) in [7, 11) is 0. The third-order valence-electron chi connectivity index (χ3n) is 0.614. The van der Waals surface area contributed by atoms with Crippen molar-refractivity contribution in [3.8, 4) is 0 Å². The van der Waals surface area contributed by atoms with E-state index in [1.54, 1.807) is 0 Å². The Morgan fingerprint density at radius 3 is 2.67 bits per heavy atom. The van der Waals surface area contributed by atoms with Crippen molar-refractivity contribution in [2.45, 2.75) is 13.8 Å². The fraction of sp³-hybridized carbons (Fsp3) is 0.667. The second kappa shape index (κ2) is 4.32. The Kier molecular flexibility index (Phi) is 4.05. The van der Waals surface area contributed by atoms with Crippen molar-refractivity contribution in [1.82, 2.24) is 0 Å². The predicted molar refractivity (Wildman–Crippen MR) is 32.7 cm³/mol. The first kappa shape index (κ1) is 8.43. The largest absolute Gasteiger partial charge is 0.479 e. The Morgan fingerprint density at radius 1 is 1.78 bits per heavy atom. The molecule has 0 rings (SSSR count). The lowest BCUT2D eigenvalue weighted by molar-refractivity contribution is -0.137. The Balaban J connectivity index is 3.01. The number of aliphatic carboxylic acids is 1. The van der Waals surface area contributed by atoms with Crippen LogP contribution in [0.1, 0.15) is 13.8 Å². The molecule has 0 aromatic carbocycles. The monoisotopic (exact) mass is 131 g/mol. The summed E-state index contributed by atoms with van der Waals surface area (Å²) in [6.07, 6.45) is 0. The number of carbonyl (C=O) groups is 1. The Labute approximate surface area is 54.6 Å². The van der Waals surface area contributed by atoms with Crippen LogP contribution in [0.25, 0.3) is 0 Å². The van der Waals surface area contributed by atoms with Crippen LogP contribution in [-0.2, 0) is 9.53 Å². The molecule has 0 spiro atoms. The zero-order valence-corrected chi connectivity index (χ0v) is 5.63. The van der Waals surface area contributed by atoms with E-state index in [4.69, 9.17) is 5.11 Å². The molecule has 3 nitrogen and oxygen atoms in total. The number of hydrogen-bond donors (Lipinski definition) is 1. The van der Waals surface area contributed by atoms with Crippen molar-refractivity contribution in [2.24, 2.45) is 5.92 Å². The van der Waals surface area contributed by atoms with Gasteiger partial charge in [-0.1, -0.05) is 13.8 Å². The van der Waals surface area contributed by atoms with Crippen molar-refractivity contribution in [3.63, 3.8) is 0 Å². The summed E-state index contributed by atoms with van der Waals surface area (Å²) >= 11 is 0. The van der Waals surface area contributed by atoms with Gasteiger partial charge in [-0.15, -0.1) is 0 Å². The maximum atomic E-state index is 9.80. The lowest BCUT2D eigenvalue weighted by Crippen LogP contribution is -2.05. The zero-order chi connectivity index (χ0) is 7.28. The van der Waals surface area contributed by atoms with Crippen LogP contribution < -0.4 is 0 Å². The van der Waals surface area contributed by atoms with Gasteiger partial charge in [-0.2, -0.15) is 0 Å². The first-order chi connectivity index (χ1) is 4.13. The van der Waals surface area contributed by atoms with Crippen LogP contribution in [0.5, 0.6) is 0 Å². The van der Waals surface area contributed by atoms with Gasteiger partial charge < -0.3 is 9.84 Å². The van der Waals surface area contributed by atoms with E-state index >= 15 is 0 Å². The van der Waals surface area contributed by atoms with Crippen LogP contribution in [0.3, 0.4) is 0 Å². The van der Waals surface area contributed by atoms with Gasteiger partial charge in [0.05, 0.1) is 6.61 Å². The van der Waals surface area contributed by atoms with E-state index in [1.807, 2.05) is 13.8 Å². The van der Waals surface area contributed by atoms with E-state index in [0.717, 1.165) is 6.61 Å². The number of ether oxygens (including phenoxy) is 1. The van der Waals surface area contributed by atoms with Gasteiger partial charge in [-0.25, -0.2) is 4.79 Å². The molecule has 0 aromatic rings. The van der Waals surface area contributed by atoms with E-state index < -0.39 is 5.97 Å². The van der Waals surface area contributed by atoms with Gasteiger partial charge in [0.25, 0.3) is 0 Å². The van der Waals surface area contributed by atoms with Crippen LogP contribution >= 0.6 is 0 Å². The average Bonchev–Trinajstić information content (AvgIpc) is 1.63. The summed E-state index contributed by atoms with van der Waals surface area (Å²) in [6, 6.07) is 0. The third-order valence-corrected chi connectivity index (χ3v) is 0.614. The molecule has 0 saturated carbocycles. The van der Waals surface area contributed by atoms with Crippen molar-refractivity contribution in [1.29, 1.82) is 0 Å². The molecule has 1 N–H and O–H groups in total. The fourth-order valence-electron chi connectivity index (χ4n) is 0.312. The van der Waals surface area contributed by atoms with Crippen LogP contribution in [0.2, 0.25) is 0 Å². The molecule has 3 heteroatoms. The first-order valence-corrected chi connectivity index (χ1v) is 2.80. The minimum atomic E-state index is -1.03. The van der Waals surface area contributed by atoms with Crippen molar-refractivity contribution in [3.05, 3.63) is 6.61 Å². The highest BCUT2D eigenvalue weighted by atomic mass is 16.5. The lowest BCUT2D eigenvalue weighted by atomic mass is 10.2. The molecule has 0 atom stereocenters. The highest BCUT2D eigenvalue weighted by Crippen LogP contribution is 1.93. The van der Waals surface area contributed by atoms with E-state index in [9.17, 15) is 4.79 Å². The van der Waals surface area contributed by atoms with Gasteiger partial charge in [0, 0.05) is 0 Å². The van der Waals surface area contributed by atoms with Crippen LogP contribution in [0.4, 0.5) is 0 Å². The van der Waals surface area contributed by atoms with Gasteiger partial charge in [-0.3, -0.25) is 0 Å². The lowest BCUT2D eigenvalue weighted by Gasteiger charge is -2.01. The number of hydrogen-bond acceptors (Lipinski definition) is 2. The number of carboxylic acid groups (broad SMARTS) is 1. The van der Waals surface area contributed by atoms with Crippen LogP contribution in [0.15, 0.2) is 0 Å². The molecular weight excluding hydrogens is 120 g/mol. The third kappa shape index (κ3) is 7.43. The van der Waals surface area contributed by atoms with Gasteiger partial charge in [-0.05, 0) is 5.92 Å². The molecule has 0 unspecified atom stereocenters. The molecule has 0 aliphatic carbocycles. The average molecular weight is 131 g/mol. The summed E-state index contributed by atoms with van der Waals surface area (Å²) < 4.78 is 4.63. The topological polar surface area (TPSA) is 46.5 Å². The molecule has 0 aliphatic rings. The maximum Gasteiger partial charge on any atom is 0.336 e. The van der Waals surface area contributed by atoms with E-state index in [-0.39, 0.29) is 0 Å². The molecule has 0 saturated heterocycles. The summed E-state index contributed by atoms with van der Waals surface area (Å²) in [6.45, 7) is 5.18. The summed E-state index contributed by atoms with van der Waals surface area (Å²) in [5, 5.41) is 8.05. The second-order valence-electron chi connectivity index (χ2n) is 2.18. The standard InChI is InChI=1S/C6H11O3/c1-5(2)3-9-4-6(7)8/h4-5H,3H2,1-2H3,(H,7,8). The normalized spacial score (nSPS) is 10.1. The number of carboxylic acids is 1. The Bertz CT molecular complexity index is 88.3. The smallest absolute Gasteiger partial charge is 0.336 e. The van der Waals surface area contributed by atoms with Crippen molar-refractivity contribution < 1.29 is 14.6 Å². The molecular formula is C6H11O3. The Morgan fingerprint density at radius 2 is 2.33 bits per heavy atom. The van der Waals surface area contributed by atoms with Crippen LogP contribution in [-0.4, -0.2) is 17.7 Å². The quantitative estimate of drug-likeness (QED) is 0.616. The highest BCUT2D eigenvalue weighted by Gasteiger charge is 1.98. The van der Waals surface area contributed by atoms with Crippen LogP contribution in [0, 0.1) is 12.5 Å². The van der Waals surface area contributed by atoms with Gasteiger partial charge >= 0.3 is 5.97 Å². The summed E-state index contributed by atoms with van der Waals surface area (Å²) in [4.78, 5) is 9.80. The fourth-order valence-corrected chi connectivity index (χ4v) is 0.312. The second-order valence-corrected chi connectivity index (χ2v) is 2.18. The van der Waals surface area contributed by atoms with Crippen molar-refractivity contribution >= 4 is 5.97 Å². The number of rotatable bonds is 4. The van der Waals surface area contributed by atoms with Gasteiger partial charge in [0.2, 0.25) is 0 Å². The van der Waals surface area contributed by atoms with Gasteiger partial charge in [0.15, 0.2) is 6.61 Å². The molecule has 0 aliphatic heterocycles. The van der Waals surface area contributed by atoms with E-state index in [0.29, 0.717) is 12.5 Å². The molecule has 0 heterocycles. The zero-order valence-electron chi connectivity index (χ0n) is 5.63. The molecule has 9 heavy (non-hydrogen) atoms. The molecule has 0 aromatic heterocycles. The highest BCUT2D eigenvalue weighted by molar-refractivity contribution is 5.74. The first-order valence-electron chi connectivity index (χ1n) is 2.80. The van der Waals surface area contributed by atoms with E-state index in [2.05, 4.69) is 4.74 Å². The molecule has 0 fully saturated rings. The van der Waals surface area contributed by atoms with Gasteiger partial charge in [0.1, 0.15) is 0 Å². The minimum Gasteiger partial charge on any atom is -0.479 e. The maximum absolute atomic E-state index is 9.80. The summed E-state index contributed by atoms with van der Waals surface area (Å²) in [5.41, 5.74) is 0. The predicted octanol–water partition coefficient (Wildman–Crippen LogP) is 0.905. The van der Waals surface area contributed by atoms with E-state index in [1.165, 1.54) is 0 Å². The SMILES string of the molecule is CC(C)CO[CH]C(=O)O.